The van der Waals surface area contributed by atoms with E-state index >= 15 is 0 Å². The lowest BCUT2D eigenvalue weighted by atomic mass is 9.84. The van der Waals surface area contributed by atoms with Crippen molar-refractivity contribution in [3.63, 3.8) is 0 Å². The van der Waals surface area contributed by atoms with Crippen molar-refractivity contribution in [3.05, 3.63) is 0 Å². The molecule has 1 heterocycles. The molecule has 1 aliphatic heterocycles. The maximum Gasteiger partial charge on any atom is 0.227 e. The van der Waals surface area contributed by atoms with Gasteiger partial charge < -0.3 is 20.9 Å². The number of hydrogen-bond donors (Lipinski definition) is 2. The first-order chi connectivity index (χ1) is 9.52. The Balaban J connectivity index is 1.62. The van der Waals surface area contributed by atoms with Gasteiger partial charge >= 0.3 is 0 Å². The molecular formula is C15H30N4O. The molecule has 116 valence electrons. The number of likely N-dealkylation sites (N-methyl/N-ethyl adjacent to an activating group) is 1. The molecule has 2 fully saturated rings. The van der Waals surface area contributed by atoms with E-state index in [9.17, 15) is 4.79 Å². The van der Waals surface area contributed by atoms with Gasteiger partial charge in [0.1, 0.15) is 0 Å². The van der Waals surface area contributed by atoms with E-state index in [1.807, 2.05) is 6.92 Å². The average Bonchev–Trinajstić information content (AvgIpc) is 2.78. The molecule has 0 aromatic rings. The van der Waals surface area contributed by atoms with Gasteiger partial charge in [0.15, 0.2) is 0 Å². The zero-order chi connectivity index (χ0) is 14.6. The highest BCUT2D eigenvalue weighted by molar-refractivity contribution is 5.83. The minimum atomic E-state index is -0.339. The van der Waals surface area contributed by atoms with E-state index in [0.29, 0.717) is 0 Å². The van der Waals surface area contributed by atoms with Crippen molar-refractivity contribution in [2.75, 3.05) is 46.3 Å². The summed E-state index contributed by atoms with van der Waals surface area (Å²) in [4.78, 5) is 17.1. The van der Waals surface area contributed by atoms with Crippen LogP contribution in [0.4, 0.5) is 0 Å². The summed E-state index contributed by atoms with van der Waals surface area (Å²) in [5.41, 5.74) is 5.74. The smallest absolute Gasteiger partial charge is 0.227 e. The van der Waals surface area contributed by atoms with Crippen molar-refractivity contribution in [2.45, 2.75) is 38.6 Å². The predicted molar refractivity (Wildman–Crippen MR) is 81.5 cm³/mol. The quantitative estimate of drug-likeness (QED) is 0.710. The molecule has 20 heavy (non-hydrogen) atoms. The Morgan fingerprint density at radius 2 is 2.05 bits per heavy atom. The van der Waals surface area contributed by atoms with Crippen LogP contribution in [0.1, 0.15) is 32.6 Å². The fourth-order valence-corrected chi connectivity index (χ4v) is 3.25. The summed E-state index contributed by atoms with van der Waals surface area (Å²) in [6, 6.07) is 0.0279. The zero-order valence-corrected chi connectivity index (χ0v) is 13.0. The molecule has 0 spiro atoms. The van der Waals surface area contributed by atoms with Gasteiger partial charge in [0.25, 0.3) is 0 Å². The van der Waals surface area contributed by atoms with E-state index < -0.39 is 0 Å². The number of amides is 1. The number of nitrogens with zero attached hydrogens (tertiary/aromatic N) is 2. The Morgan fingerprint density at radius 3 is 2.65 bits per heavy atom. The molecule has 2 rings (SSSR count). The number of rotatable bonds is 5. The Hall–Kier alpha value is -0.650. The molecule has 2 atom stereocenters. The fraction of sp³-hybridized carbons (Fsp3) is 0.933. The van der Waals surface area contributed by atoms with Gasteiger partial charge in [-0.2, -0.15) is 0 Å². The van der Waals surface area contributed by atoms with Crippen molar-refractivity contribution in [1.29, 1.82) is 0 Å². The average molecular weight is 282 g/mol. The van der Waals surface area contributed by atoms with Gasteiger partial charge in [-0.1, -0.05) is 6.42 Å². The highest BCUT2D eigenvalue weighted by Gasteiger charge is 2.42. The molecule has 1 amide bonds. The molecule has 1 aliphatic carbocycles. The number of nitrogens with one attached hydrogen (secondary N) is 1. The van der Waals surface area contributed by atoms with Crippen LogP contribution in [0.3, 0.4) is 0 Å². The van der Waals surface area contributed by atoms with E-state index in [4.69, 9.17) is 5.73 Å². The molecule has 0 bridgehead atoms. The van der Waals surface area contributed by atoms with Crippen molar-refractivity contribution < 1.29 is 4.79 Å². The lowest BCUT2D eigenvalue weighted by Crippen LogP contribution is -2.48. The molecule has 0 radical (unpaired) electrons. The Labute approximate surface area is 122 Å². The lowest BCUT2D eigenvalue weighted by molar-refractivity contribution is -0.130. The molecule has 1 saturated heterocycles. The van der Waals surface area contributed by atoms with Gasteiger partial charge in [0, 0.05) is 38.8 Å². The van der Waals surface area contributed by atoms with Crippen LogP contribution in [0.5, 0.6) is 0 Å². The van der Waals surface area contributed by atoms with Gasteiger partial charge in [-0.15, -0.1) is 0 Å². The minimum Gasteiger partial charge on any atom is -0.356 e. The SMILES string of the molecule is CN1CCN(CCCNC(=O)C2(C)CCCC2N)CC1. The molecule has 2 aliphatic rings. The molecule has 0 aromatic heterocycles. The summed E-state index contributed by atoms with van der Waals surface area (Å²) in [6.45, 7) is 8.46. The fourth-order valence-electron chi connectivity index (χ4n) is 3.25. The largest absolute Gasteiger partial charge is 0.356 e. The molecular weight excluding hydrogens is 252 g/mol. The van der Waals surface area contributed by atoms with E-state index in [2.05, 4.69) is 22.2 Å². The normalized spacial score (nSPS) is 32.5. The van der Waals surface area contributed by atoms with Gasteiger partial charge in [0.2, 0.25) is 5.91 Å². The van der Waals surface area contributed by atoms with Crippen LogP contribution in [0.25, 0.3) is 0 Å². The maximum absolute atomic E-state index is 12.3. The van der Waals surface area contributed by atoms with Crippen molar-refractivity contribution in [1.82, 2.24) is 15.1 Å². The molecule has 5 nitrogen and oxygen atoms in total. The van der Waals surface area contributed by atoms with Crippen LogP contribution in [0.15, 0.2) is 0 Å². The standard InChI is InChI=1S/C15H30N4O/c1-15(6-3-5-13(15)16)14(20)17-7-4-8-19-11-9-18(2)10-12-19/h13H,3-12,16H2,1-2H3,(H,17,20). The van der Waals surface area contributed by atoms with Crippen LogP contribution in [-0.4, -0.2) is 68.1 Å². The minimum absolute atomic E-state index is 0.0279. The number of hydrogen-bond acceptors (Lipinski definition) is 4. The van der Waals surface area contributed by atoms with Gasteiger partial charge in [-0.25, -0.2) is 0 Å². The van der Waals surface area contributed by atoms with Gasteiger partial charge in [-0.3, -0.25) is 4.79 Å². The van der Waals surface area contributed by atoms with E-state index in [-0.39, 0.29) is 17.4 Å². The first-order valence-corrected chi connectivity index (χ1v) is 7.97. The molecule has 2 unspecified atom stereocenters. The van der Waals surface area contributed by atoms with Crippen LogP contribution in [0.2, 0.25) is 0 Å². The number of carbonyl (C=O) groups excluding carboxylic acids is 1. The van der Waals surface area contributed by atoms with Crippen LogP contribution < -0.4 is 11.1 Å². The maximum atomic E-state index is 12.3. The zero-order valence-electron chi connectivity index (χ0n) is 13.0. The second kappa shape index (κ2) is 6.87. The highest BCUT2D eigenvalue weighted by atomic mass is 16.2. The monoisotopic (exact) mass is 282 g/mol. The van der Waals surface area contributed by atoms with Gasteiger partial charge in [0.05, 0.1) is 5.41 Å². The van der Waals surface area contributed by atoms with Crippen molar-refractivity contribution in [2.24, 2.45) is 11.1 Å². The highest BCUT2D eigenvalue weighted by Crippen LogP contribution is 2.36. The van der Waals surface area contributed by atoms with Crippen LogP contribution in [-0.2, 0) is 4.79 Å². The van der Waals surface area contributed by atoms with E-state index in [1.54, 1.807) is 0 Å². The summed E-state index contributed by atoms with van der Waals surface area (Å²) >= 11 is 0. The topological polar surface area (TPSA) is 61.6 Å². The number of piperazine rings is 1. The molecule has 1 saturated carbocycles. The summed E-state index contributed by atoms with van der Waals surface area (Å²) in [5.74, 6) is 0.154. The number of nitrogens with two attached hydrogens (primary N) is 1. The lowest BCUT2D eigenvalue weighted by Gasteiger charge is -2.32. The Bertz CT molecular complexity index is 328. The Kier molecular flexibility index (Phi) is 5.41. The van der Waals surface area contributed by atoms with Crippen molar-refractivity contribution in [3.8, 4) is 0 Å². The Morgan fingerprint density at radius 1 is 1.35 bits per heavy atom. The molecule has 5 heteroatoms. The summed E-state index contributed by atoms with van der Waals surface area (Å²) in [5, 5.41) is 3.09. The predicted octanol–water partition coefficient (Wildman–Crippen LogP) is 0.258. The number of carbonyl (C=O) groups is 1. The second-order valence-corrected chi connectivity index (χ2v) is 6.67. The van der Waals surface area contributed by atoms with Crippen LogP contribution in [0, 0.1) is 5.41 Å². The first-order valence-electron chi connectivity index (χ1n) is 7.97. The van der Waals surface area contributed by atoms with Crippen LogP contribution >= 0.6 is 0 Å². The van der Waals surface area contributed by atoms with Gasteiger partial charge in [-0.05, 0) is 39.8 Å². The first kappa shape index (κ1) is 15.7. The molecule has 3 N–H and O–H groups in total. The summed E-state index contributed by atoms with van der Waals surface area (Å²) in [6.07, 6.45) is 4.01. The summed E-state index contributed by atoms with van der Waals surface area (Å²) in [7, 11) is 2.17. The third-order valence-corrected chi connectivity index (χ3v) is 5.08. The molecule has 0 aromatic carbocycles. The van der Waals surface area contributed by atoms with E-state index in [0.717, 1.165) is 65.0 Å². The van der Waals surface area contributed by atoms with Crippen molar-refractivity contribution >= 4 is 5.91 Å². The third kappa shape index (κ3) is 3.71. The summed E-state index contributed by atoms with van der Waals surface area (Å²) < 4.78 is 0. The third-order valence-electron chi connectivity index (χ3n) is 5.08. The van der Waals surface area contributed by atoms with E-state index in [1.165, 1.54) is 0 Å². The second-order valence-electron chi connectivity index (χ2n) is 6.67.